The van der Waals surface area contributed by atoms with Crippen LogP contribution < -0.4 is 9.47 Å². The molecule has 0 bridgehead atoms. The number of nitrogens with zero attached hydrogens (tertiary/aromatic N) is 2. The van der Waals surface area contributed by atoms with Crippen LogP contribution >= 0.6 is 0 Å². The van der Waals surface area contributed by atoms with Crippen LogP contribution in [0.1, 0.15) is 86.5 Å². The number of aliphatic hydroxyl groups excluding tert-OH is 2. The molecule has 1 amide bonds. The second-order valence-electron chi connectivity index (χ2n) is 17.3. The molecule has 11 nitrogen and oxygen atoms in total. The molecule has 0 saturated heterocycles. The number of benzene rings is 4. The lowest BCUT2D eigenvalue weighted by Crippen LogP contribution is -2.70. The maximum absolute atomic E-state index is 14.8. The Hall–Kier alpha value is -5.53. The van der Waals surface area contributed by atoms with Crippen LogP contribution in [0.25, 0.3) is 0 Å². The molecule has 3 aliphatic rings. The second kappa shape index (κ2) is 24.3. The van der Waals surface area contributed by atoms with Crippen LogP contribution in [0.2, 0.25) is 0 Å². The molecule has 2 N–H and O–H groups in total. The SMILES string of the molecule is C=CCOC12Oc3ccc(OCc4ccccc4F)cc3C3C(CCCCO)C(CCCCO)C=C(C(=NOCc4ccccc4)CC1N(CCC)C(=O)OCCOCc1ccccc1)C32. The number of amides is 1. The third kappa shape index (κ3) is 11.7. The molecule has 0 radical (unpaired) electrons. The van der Waals surface area contributed by atoms with Gasteiger partial charge in [-0.05, 0) is 84.9 Å². The second-order valence-corrected chi connectivity index (χ2v) is 17.3. The number of halogens is 1. The minimum atomic E-state index is -1.45. The van der Waals surface area contributed by atoms with Crippen molar-refractivity contribution in [1.82, 2.24) is 4.90 Å². The van der Waals surface area contributed by atoms with Gasteiger partial charge in [0.2, 0.25) is 5.79 Å². The lowest BCUT2D eigenvalue weighted by Gasteiger charge is -2.59. The number of unbranched alkanes of at least 4 members (excludes halogenated alkanes) is 2. The van der Waals surface area contributed by atoms with E-state index in [1.165, 1.54) is 6.07 Å². The van der Waals surface area contributed by atoms with Gasteiger partial charge in [-0.15, -0.1) is 6.58 Å². The van der Waals surface area contributed by atoms with E-state index in [0.717, 1.165) is 47.9 Å². The summed E-state index contributed by atoms with van der Waals surface area (Å²) < 4.78 is 47.5. The minimum Gasteiger partial charge on any atom is -0.489 e. The Kier molecular flexibility index (Phi) is 17.8. The van der Waals surface area contributed by atoms with Gasteiger partial charge in [0.25, 0.3) is 0 Å². The van der Waals surface area contributed by atoms with Crippen LogP contribution in [-0.2, 0) is 38.9 Å². The van der Waals surface area contributed by atoms with Crippen molar-refractivity contribution < 1.29 is 47.9 Å². The standard InChI is InChI=1S/C54H65FN2O9/c1-3-27-57(53(60)62-32-31-61-36-39-17-7-5-8-18-39)50-35-48(56-65-37-40-19-9-6-10-20-40)45-33-41(21-13-15-28-58)44(23-14-16-29-59)51-46-34-43(63-38-42-22-11-12-24-47(42)55)25-26-49(46)66-54(50,52(45)51)64-30-4-2/h4-12,17-20,22,24-26,33-34,41,44,50-52,58-59H,2-3,13-16,21,23,27-32,35-38H2,1H3. The molecular weight excluding hydrogens is 840 g/mol. The first-order valence-corrected chi connectivity index (χ1v) is 23.6. The largest absolute Gasteiger partial charge is 0.489 e. The summed E-state index contributed by atoms with van der Waals surface area (Å²) >= 11 is 0. The summed E-state index contributed by atoms with van der Waals surface area (Å²) in [5, 5.41) is 24.9. The van der Waals surface area contributed by atoms with Gasteiger partial charge in [0.1, 0.15) is 43.2 Å². The molecule has 6 atom stereocenters. The van der Waals surface area contributed by atoms with E-state index in [1.807, 2.05) is 85.8 Å². The van der Waals surface area contributed by atoms with Gasteiger partial charge in [0.15, 0.2) is 0 Å². The highest BCUT2D eigenvalue weighted by molar-refractivity contribution is 6.03. The van der Waals surface area contributed by atoms with Gasteiger partial charge in [0, 0.05) is 43.2 Å². The van der Waals surface area contributed by atoms with E-state index in [1.54, 1.807) is 29.2 Å². The first kappa shape index (κ1) is 48.4. The lowest BCUT2D eigenvalue weighted by atomic mass is 9.55. The minimum absolute atomic E-state index is 0.0127. The Morgan fingerprint density at radius 2 is 1.61 bits per heavy atom. The monoisotopic (exact) mass is 904 g/mol. The van der Waals surface area contributed by atoms with Crippen molar-refractivity contribution in [1.29, 1.82) is 0 Å². The third-order valence-electron chi connectivity index (χ3n) is 12.9. The van der Waals surface area contributed by atoms with Crippen LogP contribution in [0.15, 0.2) is 133 Å². The van der Waals surface area contributed by atoms with Crippen molar-refractivity contribution in [3.63, 3.8) is 0 Å². The van der Waals surface area contributed by atoms with Crippen molar-refractivity contribution in [3.05, 3.63) is 156 Å². The highest BCUT2D eigenvalue weighted by Crippen LogP contribution is 2.62. The molecule has 352 valence electrons. The van der Waals surface area contributed by atoms with Gasteiger partial charge in [-0.1, -0.05) is 116 Å². The number of carbonyl (C=O) groups is 1. The molecular formula is C54H65FN2O9. The smallest absolute Gasteiger partial charge is 0.410 e. The van der Waals surface area contributed by atoms with Crippen LogP contribution in [0.5, 0.6) is 11.5 Å². The van der Waals surface area contributed by atoms with Crippen molar-refractivity contribution in [2.45, 2.75) is 95.9 Å². The predicted molar refractivity (Wildman–Crippen MR) is 251 cm³/mol. The number of ether oxygens (including phenoxy) is 5. The zero-order valence-electron chi connectivity index (χ0n) is 38.1. The van der Waals surface area contributed by atoms with Gasteiger partial charge in [-0.25, -0.2) is 9.18 Å². The molecule has 4 aromatic rings. The van der Waals surface area contributed by atoms with E-state index in [-0.39, 0.29) is 76.2 Å². The van der Waals surface area contributed by atoms with Gasteiger partial charge in [0.05, 0.1) is 31.5 Å². The first-order chi connectivity index (χ1) is 32.4. The van der Waals surface area contributed by atoms with E-state index < -0.39 is 23.8 Å². The summed E-state index contributed by atoms with van der Waals surface area (Å²) in [6, 6.07) is 31.3. The highest BCUT2D eigenvalue weighted by Gasteiger charge is 2.65. The fraction of sp³-hybridized carbons (Fsp3) is 0.444. The quantitative estimate of drug-likeness (QED) is 0.0379. The lowest BCUT2D eigenvalue weighted by molar-refractivity contribution is -0.255. The Morgan fingerprint density at radius 3 is 2.32 bits per heavy atom. The molecule has 6 unspecified atom stereocenters. The number of carbonyl (C=O) groups excluding carboxylic acids is 1. The Labute approximate surface area is 388 Å². The fourth-order valence-corrected chi connectivity index (χ4v) is 9.92. The van der Waals surface area contributed by atoms with Crippen molar-refractivity contribution in [2.75, 3.05) is 39.6 Å². The Morgan fingerprint density at radius 1 is 0.894 bits per heavy atom. The molecule has 12 heteroatoms. The summed E-state index contributed by atoms with van der Waals surface area (Å²) in [7, 11) is 0. The summed E-state index contributed by atoms with van der Waals surface area (Å²) in [5.41, 5.74) is 4.93. The number of hydrogen-bond acceptors (Lipinski definition) is 10. The maximum Gasteiger partial charge on any atom is 0.410 e. The Bertz CT molecular complexity index is 2220. The van der Waals surface area contributed by atoms with E-state index in [0.29, 0.717) is 55.2 Å². The average Bonchev–Trinajstić information content (AvgIpc) is 3.34. The molecule has 7 rings (SSSR count). The van der Waals surface area contributed by atoms with Crippen LogP contribution in [-0.4, -0.2) is 78.3 Å². The molecule has 1 aliphatic heterocycles. The molecule has 4 aromatic carbocycles. The van der Waals surface area contributed by atoms with Crippen molar-refractivity contribution in [2.24, 2.45) is 22.9 Å². The fourth-order valence-electron chi connectivity index (χ4n) is 9.92. The summed E-state index contributed by atoms with van der Waals surface area (Å²) in [5.74, 6) is -1.37. The summed E-state index contributed by atoms with van der Waals surface area (Å²) in [6.07, 6.45) is 8.79. The first-order valence-electron chi connectivity index (χ1n) is 23.6. The zero-order chi connectivity index (χ0) is 46.1. The molecule has 1 fully saturated rings. The van der Waals surface area contributed by atoms with E-state index in [4.69, 9.17) is 33.7 Å². The van der Waals surface area contributed by atoms with Gasteiger partial charge >= 0.3 is 6.09 Å². The molecule has 0 aromatic heterocycles. The molecule has 0 spiro atoms. The normalized spacial score (nSPS) is 22.3. The van der Waals surface area contributed by atoms with E-state index >= 15 is 0 Å². The molecule has 2 aliphatic carbocycles. The van der Waals surface area contributed by atoms with E-state index in [2.05, 4.69) is 12.7 Å². The van der Waals surface area contributed by atoms with Gasteiger partial charge in [-0.3, -0.25) is 4.90 Å². The van der Waals surface area contributed by atoms with Crippen molar-refractivity contribution >= 4 is 11.8 Å². The average molecular weight is 905 g/mol. The summed E-state index contributed by atoms with van der Waals surface area (Å²) in [4.78, 5) is 22.5. The van der Waals surface area contributed by atoms with Gasteiger partial charge < -0.3 is 38.7 Å². The number of allylic oxidation sites excluding steroid dienone is 1. The topological polar surface area (TPSA) is 129 Å². The zero-order valence-corrected chi connectivity index (χ0v) is 38.1. The van der Waals surface area contributed by atoms with Crippen molar-refractivity contribution in [3.8, 4) is 11.5 Å². The molecule has 66 heavy (non-hydrogen) atoms. The van der Waals surface area contributed by atoms with Crippen LogP contribution in [0, 0.1) is 23.6 Å². The maximum atomic E-state index is 14.8. The number of hydrogen-bond donors (Lipinski definition) is 2. The Balaban J connectivity index is 1.33. The predicted octanol–water partition coefficient (Wildman–Crippen LogP) is 10.3. The molecule has 1 heterocycles. The van der Waals surface area contributed by atoms with E-state index in [9.17, 15) is 19.4 Å². The summed E-state index contributed by atoms with van der Waals surface area (Å²) in [6.45, 7) is 7.59. The number of rotatable bonds is 25. The molecule has 1 saturated carbocycles. The number of oxime groups is 1. The van der Waals surface area contributed by atoms with Gasteiger partial charge in [-0.2, -0.15) is 0 Å². The third-order valence-corrected chi connectivity index (χ3v) is 12.9. The van der Waals surface area contributed by atoms with Crippen LogP contribution in [0.3, 0.4) is 0 Å². The number of fused-ring (bicyclic) bond motifs is 2. The highest BCUT2D eigenvalue weighted by atomic mass is 19.1. The van der Waals surface area contributed by atoms with Crippen LogP contribution in [0.4, 0.5) is 9.18 Å². The number of aliphatic hydroxyl groups is 2.